The van der Waals surface area contributed by atoms with Gasteiger partial charge in [0, 0.05) is 19.2 Å². The number of nitrogens with one attached hydrogen (secondary N) is 1. The van der Waals surface area contributed by atoms with Gasteiger partial charge in [-0.2, -0.15) is 0 Å². The first-order valence-corrected chi connectivity index (χ1v) is 7.31. The highest BCUT2D eigenvalue weighted by molar-refractivity contribution is 5.88. The van der Waals surface area contributed by atoms with Gasteiger partial charge < -0.3 is 9.42 Å². The average Bonchev–Trinajstić information content (AvgIpc) is 3.02. The van der Waals surface area contributed by atoms with Crippen molar-refractivity contribution >= 4 is 11.8 Å². The third kappa shape index (κ3) is 3.62. The Balaban J connectivity index is 1.47. The summed E-state index contributed by atoms with van der Waals surface area (Å²) in [5, 5.41) is 6.43. The fourth-order valence-corrected chi connectivity index (χ4v) is 2.75. The number of carbonyl (C=O) groups excluding carboxylic acids is 1. The zero-order valence-electron chi connectivity index (χ0n) is 11.9. The number of urea groups is 1. The van der Waals surface area contributed by atoms with E-state index in [1.165, 1.54) is 11.8 Å². The molecule has 3 rings (SSSR count). The van der Waals surface area contributed by atoms with E-state index in [0.717, 1.165) is 32.4 Å². The number of piperidine rings is 1. The summed E-state index contributed by atoms with van der Waals surface area (Å²) in [4.78, 5) is 13.9. The van der Waals surface area contributed by atoms with Crippen LogP contribution in [0.15, 0.2) is 47.2 Å². The third-order valence-corrected chi connectivity index (χ3v) is 3.94. The van der Waals surface area contributed by atoms with Crippen molar-refractivity contribution in [2.75, 3.05) is 18.4 Å². The molecule has 2 heterocycles. The van der Waals surface area contributed by atoms with Crippen LogP contribution in [0.25, 0.3) is 0 Å². The van der Waals surface area contributed by atoms with Crippen LogP contribution in [-0.4, -0.2) is 29.2 Å². The van der Waals surface area contributed by atoms with Crippen LogP contribution in [0.3, 0.4) is 0 Å². The van der Waals surface area contributed by atoms with Crippen LogP contribution in [0.2, 0.25) is 0 Å². The molecule has 0 atom stereocenters. The first kappa shape index (κ1) is 13.7. The predicted molar refractivity (Wildman–Crippen MR) is 80.0 cm³/mol. The minimum atomic E-state index is -0.0953. The quantitative estimate of drug-likeness (QED) is 0.942. The van der Waals surface area contributed by atoms with Crippen molar-refractivity contribution in [3.05, 3.63) is 48.2 Å². The van der Waals surface area contributed by atoms with Crippen molar-refractivity contribution in [2.24, 2.45) is 5.92 Å². The number of nitrogens with zero attached hydrogens (tertiary/aromatic N) is 2. The molecule has 0 aliphatic carbocycles. The van der Waals surface area contributed by atoms with Gasteiger partial charge in [-0.3, -0.25) is 5.32 Å². The van der Waals surface area contributed by atoms with E-state index in [4.69, 9.17) is 4.52 Å². The molecule has 1 aromatic carbocycles. The second-order valence-electron chi connectivity index (χ2n) is 5.43. The maximum absolute atomic E-state index is 12.1. The normalized spacial score (nSPS) is 15.9. The Morgan fingerprint density at radius 1 is 1.24 bits per heavy atom. The van der Waals surface area contributed by atoms with E-state index in [9.17, 15) is 4.79 Å². The topological polar surface area (TPSA) is 58.4 Å². The maximum Gasteiger partial charge on any atom is 0.323 e. The number of anilines is 1. The van der Waals surface area contributed by atoms with E-state index >= 15 is 0 Å². The lowest BCUT2D eigenvalue weighted by molar-refractivity contribution is 0.182. The van der Waals surface area contributed by atoms with Gasteiger partial charge in [0.2, 0.25) is 0 Å². The fourth-order valence-electron chi connectivity index (χ4n) is 2.75. The summed E-state index contributed by atoms with van der Waals surface area (Å²) in [5.41, 5.74) is 1.38. The number of aromatic nitrogens is 1. The molecule has 21 heavy (non-hydrogen) atoms. The molecule has 1 saturated heterocycles. The van der Waals surface area contributed by atoms with Crippen LogP contribution in [0.4, 0.5) is 10.6 Å². The van der Waals surface area contributed by atoms with E-state index in [1.807, 2.05) is 11.0 Å². The molecular weight excluding hydrogens is 266 g/mol. The molecule has 2 amide bonds. The van der Waals surface area contributed by atoms with Crippen molar-refractivity contribution < 1.29 is 9.32 Å². The van der Waals surface area contributed by atoms with E-state index in [1.54, 1.807) is 6.07 Å². The Bertz CT molecular complexity index is 560. The van der Waals surface area contributed by atoms with Gasteiger partial charge in [-0.25, -0.2) is 4.79 Å². The first-order chi connectivity index (χ1) is 10.3. The van der Waals surface area contributed by atoms with Crippen molar-refractivity contribution in [3.63, 3.8) is 0 Å². The molecule has 1 N–H and O–H groups in total. The van der Waals surface area contributed by atoms with Crippen LogP contribution in [0.5, 0.6) is 0 Å². The van der Waals surface area contributed by atoms with Gasteiger partial charge >= 0.3 is 6.03 Å². The van der Waals surface area contributed by atoms with E-state index in [0.29, 0.717) is 11.7 Å². The van der Waals surface area contributed by atoms with Crippen molar-refractivity contribution in [1.29, 1.82) is 0 Å². The van der Waals surface area contributed by atoms with Crippen LogP contribution in [0.1, 0.15) is 18.4 Å². The lowest BCUT2D eigenvalue weighted by Crippen LogP contribution is -2.41. The highest BCUT2D eigenvalue weighted by Crippen LogP contribution is 2.22. The van der Waals surface area contributed by atoms with Gasteiger partial charge in [0.25, 0.3) is 0 Å². The number of rotatable bonds is 3. The molecule has 2 aromatic rings. The Morgan fingerprint density at radius 3 is 2.67 bits per heavy atom. The Labute approximate surface area is 123 Å². The van der Waals surface area contributed by atoms with Crippen molar-refractivity contribution in [3.8, 4) is 0 Å². The molecule has 1 aromatic heterocycles. The van der Waals surface area contributed by atoms with Gasteiger partial charge in [-0.1, -0.05) is 35.5 Å². The summed E-state index contributed by atoms with van der Waals surface area (Å²) in [6, 6.07) is 12.1. The zero-order chi connectivity index (χ0) is 14.5. The molecule has 0 unspecified atom stereocenters. The summed E-state index contributed by atoms with van der Waals surface area (Å²) >= 11 is 0. The number of amides is 2. The summed E-state index contributed by atoms with van der Waals surface area (Å²) in [6.07, 6.45) is 4.63. The lowest BCUT2D eigenvalue weighted by atomic mass is 9.90. The minimum absolute atomic E-state index is 0.0953. The summed E-state index contributed by atoms with van der Waals surface area (Å²) < 4.78 is 4.70. The molecular formula is C16H19N3O2. The maximum atomic E-state index is 12.1. The molecule has 110 valence electrons. The molecule has 0 bridgehead atoms. The highest BCUT2D eigenvalue weighted by Gasteiger charge is 2.23. The molecule has 1 aliphatic heterocycles. The predicted octanol–water partition coefficient (Wildman–Crippen LogP) is 3.16. The molecule has 5 heteroatoms. The van der Waals surface area contributed by atoms with E-state index < -0.39 is 0 Å². The lowest BCUT2D eigenvalue weighted by Gasteiger charge is -2.31. The molecule has 0 spiro atoms. The van der Waals surface area contributed by atoms with Crippen LogP contribution < -0.4 is 5.32 Å². The zero-order valence-corrected chi connectivity index (χ0v) is 11.9. The number of hydrogen-bond acceptors (Lipinski definition) is 3. The van der Waals surface area contributed by atoms with Crippen molar-refractivity contribution in [1.82, 2.24) is 10.1 Å². The van der Waals surface area contributed by atoms with Gasteiger partial charge in [0.05, 0.1) is 0 Å². The van der Waals surface area contributed by atoms with Gasteiger partial charge in [-0.05, 0) is 30.7 Å². The van der Waals surface area contributed by atoms with Crippen molar-refractivity contribution in [2.45, 2.75) is 19.3 Å². The number of hydrogen-bond donors (Lipinski definition) is 1. The summed E-state index contributed by atoms with van der Waals surface area (Å²) in [7, 11) is 0. The number of carbonyl (C=O) groups is 1. The molecule has 5 nitrogen and oxygen atoms in total. The van der Waals surface area contributed by atoms with Crippen LogP contribution in [-0.2, 0) is 6.42 Å². The monoisotopic (exact) mass is 285 g/mol. The standard InChI is InChI=1S/C16H19N3O2/c20-16(17-15-8-11-21-18-15)19-9-6-14(7-10-19)12-13-4-2-1-3-5-13/h1-5,8,11,14H,6-7,9-10,12H2,(H,17,18,20). The highest BCUT2D eigenvalue weighted by atomic mass is 16.5. The Morgan fingerprint density at radius 2 is 2.00 bits per heavy atom. The SMILES string of the molecule is O=C(Nc1ccon1)N1CCC(Cc2ccccc2)CC1. The summed E-state index contributed by atoms with van der Waals surface area (Å²) in [6.45, 7) is 1.59. The first-order valence-electron chi connectivity index (χ1n) is 7.31. The fraction of sp³-hybridized carbons (Fsp3) is 0.375. The van der Waals surface area contributed by atoms with Gasteiger partial charge in [0.15, 0.2) is 5.82 Å². The average molecular weight is 285 g/mol. The largest absolute Gasteiger partial charge is 0.363 e. The van der Waals surface area contributed by atoms with E-state index in [-0.39, 0.29) is 6.03 Å². The molecule has 1 fully saturated rings. The van der Waals surface area contributed by atoms with Gasteiger partial charge in [-0.15, -0.1) is 0 Å². The number of likely N-dealkylation sites (tertiary alicyclic amines) is 1. The second-order valence-corrected chi connectivity index (χ2v) is 5.43. The third-order valence-electron chi connectivity index (χ3n) is 3.94. The number of benzene rings is 1. The second kappa shape index (κ2) is 6.43. The molecule has 0 radical (unpaired) electrons. The van der Waals surface area contributed by atoms with Crippen LogP contribution >= 0.6 is 0 Å². The van der Waals surface area contributed by atoms with E-state index in [2.05, 4.69) is 34.7 Å². The van der Waals surface area contributed by atoms with Crippen LogP contribution in [0, 0.1) is 5.92 Å². The minimum Gasteiger partial charge on any atom is -0.363 e. The molecule has 1 aliphatic rings. The Kier molecular flexibility index (Phi) is 4.19. The molecule has 0 saturated carbocycles. The Hall–Kier alpha value is -2.30. The summed E-state index contributed by atoms with van der Waals surface area (Å²) in [5.74, 6) is 1.12. The van der Waals surface area contributed by atoms with Gasteiger partial charge in [0.1, 0.15) is 6.26 Å². The smallest absolute Gasteiger partial charge is 0.323 e.